The van der Waals surface area contributed by atoms with Crippen LogP contribution in [0.25, 0.3) is 0 Å². The molecule has 0 aromatic heterocycles. The molecule has 31 heavy (non-hydrogen) atoms. The Kier molecular flexibility index (Phi) is 9.66. The van der Waals surface area contributed by atoms with Crippen molar-refractivity contribution in [3.8, 4) is 11.5 Å². The van der Waals surface area contributed by atoms with E-state index in [1.165, 1.54) is 0 Å². The normalized spacial score (nSPS) is 11.5. The highest BCUT2D eigenvalue weighted by Crippen LogP contribution is 2.27. The van der Waals surface area contributed by atoms with Crippen molar-refractivity contribution in [2.24, 2.45) is 0 Å². The van der Waals surface area contributed by atoms with Crippen LogP contribution in [0, 0.1) is 0 Å². The van der Waals surface area contributed by atoms with Crippen LogP contribution in [0.3, 0.4) is 0 Å². The molecule has 0 fully saturated rings. The number of methoxy groups -OCH3 is 2. The van der Waals surface area contributed by atoms with E-state index in [2.05, 4.69) is 5.32 Å². The lowest BCUT2D eigenvalue weighted by molar-refractivity contribution is -0.121. The predicted molar refractivity (Wildman–Crippen MR) is 123 cm³/mol. The number of hydrogen-bond donors (Lipinski definition) is 1. The number of amides is 2. The van der Waals surface area contributed by atoms with Crippen molar-refractivity contribution in [3.05, 3.63) is 58.6 Å². The molecular formula is C24H31ClN2O4. The predicted octanol–water partition coefficient (Wildman–Crippen LogP) is 4.35. The van der Waals surface area contributed by atoms with Crippen LogP contribution < -0.4 is 14.8 Å². The largest absolute Gasteiger partial charge is 0.493 e. The van der Waals surface area contributed by atoms with Gasteiger partial charge in [-0.05, 0) is 49.6 Å². The van der Waals surface area contributed by atoms with Gasteiger partial charge in [0, 0.05) is 25.6 Å². The maximum absolute atomic E-state index is 13.0. The second-order valence-corrected chi connectivity index (χ2v) is 7.68. The van der Waals surface area contributed by atoms with E-state index in [1.807, 2.05) is 32.0 Å². The Hall–Kier alpha value is -2.73. The van der Waals surface area contributed by atoms with Gasteiger partial charge in [0.2, 0.25) is 5.91 Å². The van der Waals surface area contributed by atoms with Crippen molar-refractivity contribution in [2.75, 3.05) is 27.3 Å². The summed E-state index contributed by atoms with van der Waals surface area (Å²) in [5.41, 5.74) is 1.49. The number of nitrogens with one attached hydrogen (secondary N) is 1. The maximum Gasteiger partial charge on any atom is 0.255 e. The van der Waals surface area contributed by atoms with Gasteiger partial charge in [-0.15, -0.1) is 0 Å². The first-order valence-corrected chi connectivity index (χ1v) is 10.8. The molecule has 0 heterocycles. The molecule has 7 heteroatoms. The summed E-state index contributed by atoms with van der Waals surface area (Å²) in [5, 5.41) is 3.34. The van der Waals surface area contributed by atoms with Crippen LogP contribution in [0.4, 0.5) is 0 Å². The van der Waals surface area contributed by atoms with Gasteiger partial charge in [-0.2, -0.15) is 0 Å². The molecular weight excluding hydrogens is 416 g/mol. The van der Waals surface area contributed by atoms with Crippen molar-refractivity contribution >= 4 is 23.4 Å². The monoisotopic (exact) mass is 446 g/mol. The van der Waals surface area contributed by atoms with E-state index in [0.29, 0.717) is 41.6 Å². The molecule has 2 rings (SSSR count). The minimum Gasteiger partial charge on any atom is -0.493 e. The maximum atomic E-state index is 13.0. The van der Waals surface area contributed by atoms with Crippen molar-refractivity contribution in [3.63, 3.8) is 0 Å². The standard InChI is InChI=1S/C24H31ClN2O4/c1-5-17(2)27(24(29)19-8-6-7-9-20(19)25)15-13-23(28)26-14-12-18-10-11-21(30-3)22(16-18)31-4/h6-11,16-17H,5,12-15H2,1-4H3,(H,26,28). The molecule has 1 N–H and O–H groups in total. The number of hydrogen-bond acceptors (Lipinski definition) is 4. The van der Waals surface area contributed by atoms with E-state index in [0.717, 1.165) is 12.0 Å². The van der Waals surface area contributed by atoms with Crippen LogP contribution in [-0.2, 0) is 11.2 Å². The third-order valence-electron chi connectivity index (χ3n) is 5.25. The number of carbonyl (C=O) groups is 2. The summed E-state index contributed by atoms with van der Waals surface area (Å²) in [6.45, 7) is 4.82. The minimum absolute atomic E-state index is 0.00309. The summed E-state index contributed by atoms with van der Waals surface area (Å²) in [4.78, 5) is 27.1. The number of nitrogens with zero attached hydrogens (tertiary/aromatic N) is 1. The van der Waals surface area contributed by atoms with E-state index < -0.39 is 0 Å². The molecule has 0 bridgehead atoms. The summed E-state index contributed by atoms with van der Waals surface area (Å²) >= 11 is 6.20. The molecule has 0 spiro atoms. The van der Waals surface area contributed by atoms with Gasteiger partial charge in [0.25, 0.3) is 5.91 Å². The summed E-state index contributed by atoms with van der Waals surface area (Å²) in [7, 11) is 3.19. The molecule has 1 unspecified atom stereocenters. The molecule has 2 aromatic rings. The SMILES string of the molecule is CCC(C)N(CCC(=O)NCCc1ccc(OC)c(OC)c1)C(=O)c1ccccc1Cl. The van der Waals surface area contributed by atoms with E-state index >= 15 is 0 Å². The fourth-order valence-electron chi connectivity index (χ4n) is 3.22. The average molecular weight is 447 g/mol. The molecule has 2 amide bonds. The molecule has 168 valence electrons. The van der Waals surface area contributed by atoms with E-state index in [1.54, 1.807) is 43.4 Å². The zero-order chi connectivity index (χ0) is 22.8. The second-order valence-electron chi connectivity index (χ2n) is 7.27. The van der Waals surface area contributed by atoms with Crippen LogP contribution in [0.1, 0.15) is 42.6 Å². The quantitative estimate of drug-likeness (QED) is 0.557. The Balaban J connectivity index is 1.90. The van der Waals surface area contributed by atoms with Crippen LogP contribution in [-0.4, -0.2) is 50.1 Å². The van der Waals surface area contributed by atoms with Crippen LogP contribution in [0.5, 0.6) is 11.5 Å². The van der Waals surface area contributed by atoms with Gasteiger partial charge in [-0.3, -0.25) is 9.59 Å². The van der Waals surface area contributed by atoms with Gasteiger partial charge >= 0.3 is 0 Å². The van der Waals surface area contributed by atoms with Crippen molar-refractivity contribution in [1.82, 2.24) is 10.2 Å². The second kappa shape index (κ2) is 12.2. The van der Waals surface area contributed by atoms with Crippen molar-refractivity contribution in [2.45, 2.75) is 39.2 Å². The van der Waals surface area contributed by atoms with E-state index in [9.17, 15) is 9.59 Å². The van der Waals surface area contributed by atoms with E-state index in [-0.39, 0.29) is 24.3 Å². The molecule has 0 radical (unpaired) electrons. The Morgan fingerprint density at radius 1 is 1.10 bits per heavy atom. The Morgan fingerprint density at radius 2 is 1.81 bits per heavy atom. The van der Waals surface area contributed by atoms with Crippen LogP contribution >= 0.6 is 11.6 Å². The first kappa shape index (κ1) is 24.5. The molecule has 1 atom stereocenters. The average Bonchev–Trinajstić information content (AvgIpc) is 2.78. The van der Waals surface area contributed by atoms with Gasteiger partial charge in [-0.25, -0.2) is 0 Å². The van der Waals surface area contributed by atoms with E-state index in [4.69, 9.17) is 21.1 Å². The lowest BCUT2D eigenvalue weighted by Crippen LogP contribution is -2.41. The summed E-state index contributed by atoms with van der Waals surface area (Å²) in [6.07, 6.45) is 1.68. The number of rotatable bonds is 11. The topological polar surface area (TPSA) is 67.9 Å². The molecule has 0 aliphatic carbocycles. The first-order valence-electron chi connectivity index (χ1n) is 10.4. The van der Waals surface area contributed by atoms with Crippen LogP contribution in [0.15, 0.2) is 42.5 Å². The Bertz CT molecular complexity index is 888. The molecule has 6 nitrogen and oxygen atoms in total. The highest BCUT2D eigenvalue weighted by Gasteiger charge is 2.22. The van der Waals surface area contributed by atoms with Gasteiger partial charge in [0.1, 0.15) is 0 Å². The van der Waals surface area contributed by atoms with Gasteiger partial charge in [0.15, 0.2) is 11.5 Å². The molecule has 0 saturated heterocycles. The van der Waals surface area contributed by atoms with Crippen LogP contribution in [0.2, 0.25) is 5.02 Å². The lowest BCUT2D eigenvalue weighted by Gasteiger charge is -2.29. The summed E-state index contributed by atoms with van der Waals surface area (Å²) < 4.78 is 10.6. The third kappa shape index (κ3) is 6.89. The molecule has 2 aromatic carbocycles. The highest BCUT2D eigenvalue weighted by molar-refractivity contribution is 6.33. The Labute approximate surface area is 189 Å². The first-order chi connectivity index (χ1) is 14.9. The van der Waals surface area contributed by atoms with Crippen molar-refractivity contribution in [1.29, 1.82) is 0 Å². The summed E-state index contributed by atoms with van der Waals surface area (Å²) in [5.74, 6) is 1.08. The summed E-state index contributed by atoms with van der Waals surface area (Å²) in [6, 6.07) is 12.7. The number of carbonyl (C=O) groups excluding carboxylic acids is 2. The smallest absolute Gasteiger partial charge is 0.255 e. The Morgan fingerprint density at radius 3 is 2.45 bits per heavy atom. The lowest BCUT2D eigenvalue weighted by atomic mass is 10.1. The fraction of sp³-hybridized carbons (Fsp3) is 0.417. The minimum atomic E-state index is -0.155. The molecule has 0 aliphatic heterocycles. The van der Waals surface area contributed by atoms with Gasteiger partial charge in [-0.1, -0.05) is 36.7 Å². The van der Waals surface area contributed by atoms with Gasteiger partial charge in [0.05, 0.1) is 24.8 Å². The molecule has 0 aliphatic rings. The highest BCUT2D eigenvalue weighted by atomic mass is 35.5. The number of benzene rings is 2. The molecule has 0 saturated carbocycles. The number of ether oxygens (including phenoxy) is 2. The van der Waals surface area contributed by atoms with Crippen molar-refractivity contribution < 1.29 is 19.1 Å². The zero-order valence-electron chi connectivity index (χ0n) is 18.6. The zero-order valence-corrected chi connectivity index (χ0v) is 19.4. The third-order valence-corrected chi connectivity index (χ3v) is 5.58. The van der Waals surface area contributed by atoms with Gasteiger partial charge < -0.3 is 19.7 Å². The fourth-order valence-corrected chi connectivity index (χ4v) is 3.44. The number of halogens is 1.